The summed E-state index contributed by atoms with van der Waals surface area (Å²) in [5.74, 6) is 0. The van der Waals surface area contributed by atoms with Crippen molar-refractivity contribution < 1.29 is 9.53 Å². The summed E-state index contributed by atoms with van der Waals surface area (Å²) in [6.45, 7) is 2.60. The summed E-state index contributed by atoms with van der Waals surface area (Å²) in [6, 6.07) is 0. The van der Waals surface area contributed by atoms with E-state index in [0.717, 1.165) is 0 Å². The van der Waals surface area contributed by atoms with Gasteiger partial charge in [-0.05, 0) is 6.92 Å². The fraction of sp³-hybridized carbons (Fsp3) is 0.600. The number of ether oxygens (including phenoxy) is 1. The van der Waals surface area contributed by atoms with E-state index < -0.39 is 0 Å². The zero-order valence-electron chi connectivity index (χ0n) is 5.61. The Morgan fingerprint density at radius 1 is 2.00 bits per heavy atom. The molecule has 0 aromatic carbocycles. The largest absolute Gasteiger partial charge is 0.449 e. The quantitative estimate of drug-likeness (QED) is 0.539. The first kappa shape index (κ1) is 7.40. The zero-order chi connectivity index (χ0) is 7.40. The minimum atomic E-state index is -0.315. The summed E-state index contributed by atoms with van der Waals surface area (Å²) in [7, 11) is 0. The van der Waals surface area contributed by atoms with Crippen LogP contribution < -0.4 is 0 Å². The maximum absolute atomic E-state index is 10.8. The molecule has 5 heteroatoms. The molecular weight excluding hydrogens is 152 g/mol. The van der Waals surface area contributed by atoms with Gasteiger partial charge >= 0.3 is 6.09 Å². The monoisotopic (exact) mass is 160 g/mol. The highest BCUT2D eigenvalue weighted by molar-refractivity contribution is 8.10. The lowest BCUT2D eigenvalue weighted by molar-refractivity contribution is 0.135. The number of amides is 1. The van der Waals surface area contributed by atoms with Crippen molar-refractivity contribution in [3.8, 4) is 0 Å². The zero-order valence-corrected chi connectivity index (χ0v) is 6.43. The Bertz CT molecular complexity index is 152. The van der Waals surface area contributed by atoms with Crippen LogP contribution in [0.15, 0.2) is 4.99 Å². The molecule has 1 amide bonds. The predicted molar refractivity (Wildman–Crippen MR) is 39.8 cm³/mol. The van der Waals surface area contributed by atoms with Gasteiger partial charge in [-0.2, -0.15) is 0 Å². The van der Waals surface area contributed by atoms with Crippen LogP contribution in [0, 0.1) is 0 Å². The van der Waals surface area contributed by atoms with Crippen LogP contribution >= 0.6 is 11.9 Å². The molecule has 10 heavy (non-hydrogen) atoms. The molecule has 1 rings (SSSR count). The number of carbonyl (C=O) groups is 1. The molecule has 0 spiro atoms. The topological polar surface area (TPSA) is 41.9 Å². The van der Waals surface area contributed by atoms with Crippen LogP contribution in [0.25, 0.3) is 0 Å². The lowest BCUT2D eigenvalue weighted by Gasteiger charge is -2.10. The molecular formula is C5H8N2O2S. The van der Waals surface area contributed by atoms with Crippen LogP contribution in [0.5, 0.6) is 0 Å². The van der Waals surface area contributed by atoms with E-state index in [1.807, 2.05) is 0 Å². The molecule has 4 nitrogen and oxygen atoms in total. The summed E-state index contributed by atoms with van der Waals surface area (Å²) < 4.78 is 6.16. The Hall–Kier alpha value is -0.710. The van der Waals surface area contributed by atoms with Gasteiger partial charge in [-0.25, -0.2) is 9.10 Å². The summed E-state index contributed by atoms with van der Waals surface area (Å²) in [4.78, 5) is 14.7. The summed E-state index contributed by atoms with van der Waals surface area (Å²) in [5.41, 5.74) is 1.62. The van der Waals surface area contributed by atoms with Gasteiger partial charge in [0.05, 0.1) is 12.2 Å². The molecule has 56 valence electrons. The first-order valence-corrected chi connectivity index (χ1v) is 3.77. The fourth-order valence-electron chi connectivity index (χ4n) is 0.527. The molecule has 0 radical (unpaired) electrons. The SMILES string of the molecule is CCOC(=O)N1CN=CS1. The normalized spacial score (nSPS) is 15.9. The minimum Gasteiger partial charge on any atom is -0.449 e. The van der Waals surface area contributed by atoms with E-state index in [0.29, 0.717) is 13.3 Å². The van der Waals surface area contributed by atoms with Gasteiger partial charge in [0.1, 0.15) is 6.67 Å². The third-order valence-corrected chi connectivity index (χ3v) is 1.69. The van der Waals surface area contributed by atoms with E-state index in [-0.39, 0.29) is 6.09 Å². The van der Waals surface area contributed by atoms with Gasteiger partial charge in [0.2, 0.25) is 0 Å². The van der Waals surface area contributed by atoms with Gasteiger partial charge in [0, 0.05) is 11.9 Å². The van der Waals surface area contributed by atoms with Crippen LogP contribution in [0.1, 0.15) is 6.92 Å². The molecule has 0 fully saturated rings. The van der Waals surface area contributed by atoms with Crippen molar-refractivity contribution in [3.63, 3.8) is 0 Å². The highest BCUT2D eigenvalue weighted by Crippen LogP contribution is 2.13. The van der Waals surface area contributed by atoms with Crippen LogP contribution in [0.2, 0.25) is 0 Å². The molecule has 1 aliphatic rings. The van der Waals surface area contributed by atoms with Gasteiger partial charge in [-0.15, -0.1) is 0 Å². The first-order valence-electron chi connectivity index (χ1n) is 2.94. The molecule has 0 saturated heterocycles. The van der Waals surface area contributed by atoms with E-state index in [1.165, 1.54) is 16.3 Å². The lowest BCUT2D eigenvalue weighted by Crippen LogP contribution is -2.22. The van der Waals surface area contributed by atoms with Crippen molar-refractivity contribution in [3.05, 3.63) is 0 Å². The van der Waals surface area contributed by atoms with Crippen molar-refractivity contribution in [1.82, 2.24) is 4.31 Å². The highest BCUT2D eigenvalue weighted by Gasteiger charge is 2.16. The summed E-state index contributed by atoms with van der Waals surface area (Å²) in [6.07, 6.45) is -0.315. The maximum atomic E-state index is 10.8. The maximum Gasteiger partial charge on any atom is 0.421 e. The standard InChI is InChI=1S/C5H8N2O2S/c1-2-9-5(8)7-3-6-4-10-7/h4H,2-3H2,1H3. The molecule has 0 bridgehead atoms. The van der Waals surface area contributed by atoms with E-state index in [2.05, 4.69) is 4.99 Å². The molecule has 0 N–H and O–H groups in total. The highest BCUT2D eigenvalue weighted by atomic mass is 32.2. The summed E-state index contributed by atoms with van der Waals surface area (Å²) >= 11 is 1.26. The molecule has 1 heterocycles. The van der Waals surface area contributed by atoms with Crippen molar-refractivity contribution >= 4 is 23.6 Å². The first-order chi connectivity index (χ1) is 4.84. The van der Waals surface area contributed by atoms with E-state index in [1.54, 1.807) is 12.5 Å². The smallest absolute Gasteiger partial charge is 0.421 e. The van der Waals surface area contributed by atoms with Crippen LogP contribution in [-0.4, -0.2) is 29.2 Å². The molecule has 0 aliphatic carbocycles. The van der Waals surface area contributed by atoms with Crippen molar-refractivity contribution in [2.75, 3.05) is 13.3 Å². The van der Waals surface area contributed by atoms with Gasteiger partial charge < -0.3 is 4.74 Å². The Labute approximate surface area is 63.4 Å². The number of carbonyl (C=O) groups excluding carboxylic acids is 1. The second-order valence-corrected chi connectivity index (χ2v) is 2.47. The molecule has 0 atom stereocenters. The Kier molecular flexibility index (Phi) is 2.56. The molecule has 0 aromatic heterocycles. The molecule has 0 unspecified atom stereocenters. The predicted octanol–water partition coefficient (Wildman–Crippen LogP) is 1.09. The summed E-state index contributed by atoms with van der Waals surface area (Å²) in [5, 5.41) is 0. The van der Waals surface area contributed by atoms with Crippen molar-refractivity contribution in [1.29, 1.82) is 0 Å². The average Bonchev–Trinajstić information content (AvgIpc) is 2.38. The second kappa shape index (κ2) is 3.46. The Morgan fingerprint density at radius 2 is 2.80 bits per heavy atom. The number of aliphatic imine (C=N–C) groups is 1. The van der Waals surface area contributed by atoms with Gasteiger partial charge in [-0.3, -0.25) is 4.99 Å². The van der Waals surface area contributed by atoms with Crippen LogP contribution in [0.3, 0.4) is 0 Å². The van der Waals surface area contributed by atoms with Crippen LogP contribution in [-0.2, 0) is 4.74 Å². The Balaban J connectivity index is 2.28. The van der Waals surface area contributed by atoms with E-state index in [4.69, 9.17) is 4.74 Å². The minimum absolute atomic E-state index is 0.315. The number of hydrogen-bond donors (Lipinski definition) is 0. The third kappa shape index (κ3) is 1.63. The molecule has 0 aromatic rings. The van der Waals surface area contributed by atoms with Crippen molar-refractivity contribution in [2.45, 2.75) is 6.92 Å². The van der Waals surface area contributed by atoms with E-state index >= 15 is 0 Å². The molecule has 1 aliphatic heterocycles. The third-order valence-electron chi connectivity index (χ3n) is 0.930. The number of rotatable bonds is 1. The van der Waals surface area contributed by atoms with Gasteiger partial charge in [-0.1, -0.05) is 0 Å². The van der Waals surface area contributed by atoms with Gasteiger partial charge in [0.15, 0.2) is 0 Å². The number of hydrogen-bond acceptors (Lipinski definition) is 4. The fourth-order valence-corrected chi connectivity index (χ4v) is 1.05. The van der Waals surface area contributed by atoms with Gasteiger partial charge in [0.25, 0.3) is 0 Å². The number of nitrogens with zero attached hydrogens (tertiary/aromatic N) is 2. The van der Waals surface area contributed by atoms with E-state index in [9.17, 15) is 4.79 Å². The second-order valence-electron chi connectivity index (χ2n) is 1.61. The molecule has 0 saturated carbocycles. The lowest BCUT2D eigenvalue weighted by atomic mass is 10.8. The Morgan fingerprint density at radius 3 is 3.30 bits per heavy atom. The van der Waals surface area contributed by atoms with Crippen molar-refractivity contribution in [2.24, 2.45) is 4.99 Å². The van der Waals surface area contributed by atoms with Crippen LogP contribution in [0.4, 0.5) is 4.79 Å². The average molecular weight is 160 g/mol.